The zero-order valence-corrected chi connectivity index (χ0v) is 14.4. The van der Waals surface area contributed by atoms with Gasteiger partial charge in [-0.05, 0) is 24.1 Å². The van der Waals surface area contributed by atoms with Crippen LogP contribution in [0.1, 0.15) is 34.8 Å². The molecule has 0 saturated carbocycles. The first-order valence-corrected chi connectivity index (χ1v) is 8.33. The zero-order valence-electron chi connectivity index (χ0n) is 14.4. The number of carbonyl (C=O) groups excluding carboxylic acids is 2. The van der Waals surface area contributed by atoms with E-state index >= 15 is 0 Å². The van der Waals surface area contributed by atoms with Crippen LogP contribution in [0.2, 0.25) is 0 Å². The van der Waals surface area contributed by atoms with Crippen LogP contribution in [-0.2, 0) is 4.79 Å². The minimum atomic E-state index is -0.222. The van der Waals surface area contributed by atoms with Crippen LogP contribution in [0.5, 0.6) is 0 Å². The summed E-state index contributed by atoms with van der Waals surface area (Å²) in [5.41, 5.74) is 1.50. The molecular weight excluding hydrogens is 316 g/mol. The Bertz CT molecular complexity index is 744. The molecule has 2 N–H and O–H groups in total. The van der Waals surface area contributed by atoms with Crippen molar-refractivity contribution in [1.82, 2.24) is 15.6 Å². The Balaban J connectivity index is 1.75. The maximum atomic E-state index is 12.6. The first-order chi connectivity index (χ1) is 12.0. The Hall–Kier alpha value is -2.89. The number of piperidine rings is 1. The van der Waals surface area contributed by atoms with Crippen molar-refractivity contribution in [3.63, 3.8) is 0 Å². The van der Waals surface area contributed by atoms with Gasteiger partial charge in [-0.1, -0.05) is 30.3 Å². The average Bonchev–Trinajstić information content (AvgIpc) is 2.64. The second-order valence-corrected chi connectivity index (χ2v) is 6.37. The van der Waals surface area contributed by atoms with E-state index in [2.05, 4.69) is 15.6 Å². The van der Waals surface area contributed by atoms with Crippen LogP contribution in [0, 0.1) is 0 Å². The molecule has 25 heavy (non-hydrogen) atoms. The Labute approximate surface area is 147 Å². The summed E-state index contributed by atoms with van der Waals surface area (Å²) in [6.07, 6.45) is 2.59. The van der Waals surface area contributed by atoms with Gasteiger partial charge in [-0.3, -0.25) is 9.59 Å². The largest absolute Gasteiger partial charge is 0.363 e. The molecule has 2 atom stereocenters. The van der Waals surface area contributed by atoms with E-state index in [1.807, 2.05) is 55.4 Å². The molecule has 1 aromatic heterocycles. The number of hydrogen-bond acceptors (Lipinski definition) is 4. The highest BCUT2D eigenvalue weighted by Gasteiger charge is 2.31. The molecule has 0 spiro atoms. The van der Waals surface area contributed by atoms with Crippen molar-refractivity contribution in [3.8, 4) is 0 Å². The Morgan fingerprint density at radius 1 is 1.20 bits per heavy atom. The third kappa shape index (κ3) is 3.96. The van der Waals surface area contributed by atoms with Gasteiger partial charge in [0.25, 0.3) is 5.91 Å². The number of anilines is 1. The van der Waals surface area contributed by atoms with Crippen LogP contribution < -0.4 is 15.5 Å². The molecule has 1 fully saturated rings. The molecule has 0 radical (unpaired) electrons. The number of hydrogen-bond donors (Lipinski definition) is 2. The maximum absolute atomic E-state index is 12.6. The second-order valence-electron chi connectivity index (χ2n) is 6.37. The van der Waals surface area contributed by atoms with Gasteiger partial charge in [-0.25, -0.2) is 4.98 Å². The monoisotopic (exact) mass is 338 g/mol. The molecular formula is C19H22N4O2. The molecule has 1 saturated heterocycles. The van der Waals surface area contributed by atoms with Crippen molar-refractivity contribution in [1.29, 1.82) is 0 Å². The Kier molecular flexibility index (Phi) is 4.97. The summed E-state index contributed by atoms with van der Waals surface area (Å²) in [4.78, 5) is 30.5. The molecule has 3 rings (SSSR count). The fourth-order valence-electron chi connectivity index (χ4n) is 2.97. The molecule has 1 aliphatic heterocycles. The van der Waals surface area contributed by atoms with E-state index in [1.165, 1.54) is 0 Å². The Morgan fingerprint density at radius 2 is 1.96 bits per heavy atom. The van der Waals surface area contributed by atoms with Gasteiger partial charge < -0.3 is 15.5 Å². The molecule has 0 unspecified atom stereocenters. The molecule has 2 heterocycles. The highest BCUT2D eigenvalue weighted by Crippen LogP contribution is 2.24. The number of nitrogens with one attached hydrogen (secondary N) is 2. The minimum absolute atomic E-state index is 0.0105. The van der Waals surface area contributed by atoms with Gasteiger partial charge in [-0.2, -0.15) is 0 Å². The molecule has 130 valence electrons. The smallest absolute Gasteiger partial charge is 0.253 e. The summed E-state index contributed by atoms with van der Waals surface area (Å²) in [7, 11) is 3.80. The van der Waals surface area contributed by atoms with Crippen molar-refractivity contribution < 1.29 is 9.59 Å². The molecule has 6 nitrogen and oxygen atoms in total. The van der Waals surface area contributed by atoms with E-state index in [9.17, 15) is 9.59 Å². The van der Waals surface area contributed by atoms with Gasteiger partial charge in [0.1, 0.15) is 5.82 Å². The quantitative estimate of drug-likeness (QED) is 0.893. The molecule has 1 aromatic carbocycles. The van der Waals surface area contributed by atoms with E-state index < -0.39 is 0 Å². The second kappa shape index (κ2) is 7.34. The third-order valence-corrected chi connectivity index (χ3v) is 4.34. The maximum Gasteiger partial charge on any atom is 0.253 e. The van der Waals surface area contributed by atoms with Crippen molar-refractivity contribution in [2.45, 2.75) is 24.9 Å². The number of nitrogens with zero attached hydrogens (tertiary/aromatic N) is 2. The lowest BCUT2D eigenvalue weighted by molar-refractivity contribution is -0.123. The van der Waals surface area contributed by atoms with Crippen LogP contribution in [0.25, 0.3) is 0 Å². The molecule has 1 aliphatic rings. The number of amides is 2. The predicted octanol–water partition coefficient (Wildman–Crippen LogP) is 1.90. The molecule has 0 aliphatic carbocycles. The Morgan fingerprint density at radius 3 is 2.60 bits per heavy atom. The molecule has 2 aromatic rings. The molecule has 0 bridgehead atoms. The lowest BCUT2D eigenvalue weighted by atomic mass is 9.91. The highest BCUT2D eigenvalue weighted by molar-refractivity contribution is 5.94. The lowest BCUT2D eigenvalue weighted by Crippen LogP contribution is -2.50. The molecule has 2 amide bonds. The number of rotatable bonds is 4. The summed E-state index contributed by atoms with van der Waals surface area (Å²) in [5.74, 6) is 0.625. The van der Waals surface area contributed by atoms with Crippen LogP contribution in [0.15, 0.2) is 48.7 Å². The van der Waals surface area contributed by atoms with E-state index in [1.54, 1.807) is 12.3 Å². The first kappa shape index (κ1) is 17.0. The van der Waals surface area contributed by atoms with Gasteiger partial charge >= 0.3 is 0 Å². The number of pyridine rings is 1. The van der Waals surface area contributed by atoms with E-state index in [0.29, 0.717) is 18.4 Å². The van der Waals surface area contributed by atoms with Gasteiger partial charge in [-0.15, -0.1) is 0 Å². The minimum Gasteiger partial charge on any atom is -0.363 e. The predicted molar refractivity (Wildman–Crippen MR) is 96.4 cm³/mol. The zero-order chi connectivity index (χ0) is 17.8. The van der Waals surface area contributed by atoms with E-state index in [-0.39, 0.29) is 23.9 Å². The van der Waals surface area contributed by atoms with Crippen LogP contribution in [-0.4, -0.2) is 36.9 Å². The van der Waals surface area contributed by atoms with Crippen LogP contribution >= 0.6 is 0 Å². The summed E-state index contributed by atoms with van der Waals surface area (Å²) in [6.45, 7) is 0. The van der Waals surface area contributed by atoms with Crippen molar-refractivity contribution in [3.05, 3.63) is 59.8 Å². The van der Waals surface area contributed by atoms with E-state index in [0.717, 1.165) is 11.4 Å². The van der Waals surface area contributed by atoms with Gasteiger partial charge in [0, 0.05) is 26.7 Å². The standard InChI is InChI=1S/C19H22N4O2/c1-23(2)16-10-8-14(12-20-16)19(25)21-15-9-11-17(24)22-18(15)13-6-4-3-5-7-13/h3-8,10,12,15,18H,9,11H2,1-2H3,(H,21,25)(H,22,24)/t15-,18+/m1/s1. The molecule has 6 heteroatoms. The van der Waals surface area contributed by atoms with Crippen LogP contribution in [0.4, 0.5) is 5.82 Å². The topological polar surface area (TPSA) is 74.3 Å². The van der Waals surface area contributed by atoms with E-state index in [4.69, 9.17) is 0 Å². The lowest BCUT2D eigenvalue weighted by Gasteiger charge is -2.33. The van der Waals surface area contributed by atoms with Crippen molar-refractivity contribution in [2.75, 3.05) is 19.0 Å². The van der Waals surface area contributed by atoms with Crippen molar-refractivity contribution in [2.24, 2.45) is 0 Å². The van der Waals surface area contributed by atoms with Gasteiger partial charge in [0.15, 0.2) is 0 Å². The van der Waals surface area contributed by atoms with Crippen molar-refractivity contribution >= 4 is 17.6 Å². The number of aromatic nitrogens is 1. The SMILES string of the molecule is CN(C)c1ccc(C(=O)N[C@@H]2CCC(=O)N[C@H]2c2ccccc2)cn1. The number of carbonyl (C=O) groups is 2. The fourth-order valence-corrected chi connectivity index (χ4v) is 2.97. The normalized spacial score (nSPS) is 19.8. The van der Waals surface area contributed by atoms with Gasteiger partial charge in [0.2, 0.25) is 5.91 Å². The third-order valence-electron chi connectivity index (χ3n) is 4.34. The van der Waals surface area contributed by atoms with Crippen LogP contribution in [0.3, 0.4) is 0 Å². The van der Waals surface area contributed by atoms with Gasteiger partial charge in [0.05, 0.1) is 17.6 Å². The summed E-state index contributed by atoms with van der Waals surface area (Å²) >= 11 is 0. The first-order valence-electron chi connectivity index (χ1n) is 8.33. The summed E-state index contributed by atoms with van der Waals surface area (Å²) in [5, 5.41) is 6.03. The fraction of sp³-hybridized carbons (Fsp3) is 0.316. The summed E-state index contributed by atoms with van der Waals surface area (Å²) in [6, 6.07) is 12.9. The number of benzene rings is 1. The summed E-state index contributed by atoms with van der Waals surface area (Å²) < 4.78 is 0. The average molecular weight is 338 g/mol. The highest BCUT2D eigenvalue weighted by atomic mass is 16.2.